The fourth-order valence-electron chi connectivity index (χ4n) is 14.3. The van der Waals surface area contributed by atoms with Crippen LogP contribution in [0.2, 0.25) is 0 Å². The Morgan fingerprint density at radius 3 is 1.81 bits per heavy atom. The molecule has 5 aliphatic heterocycles. The lowest BCUT2D eigenvalue weighted by molar-refractivity contribution is -0.383. The second kappa shape index (κ2) is 37.3. The number of benzene rings is 7. The summed E-state index contributed by atoms with van der Waals surface area (Å²) in [5.74, 6) is 5.23. The number of aryl methyl sites for hydroxylation is 2. The van der Waals surface area contributed by atoms with Crippen LogP contribution in [-0.4, -0.2) is 161 Å². The van der Waals surface area contributed by atoms with Gasteiger partial charge < -0.3 is 100 Å². The van der Waals surface area contributed by atoms with Gasteiger partial charge in [-0.15, -0.1) is 0 Å². The van der Waals surface area contributed by atoms with E-state index in [0.717, 1.165) is 73.0 Å². The van der Waals surface area contributed by atoms with Crippen molar-refractivity contribution in [1.29, 1.82) is 0 Å². The van der Waals surface area contributed by atoms with Gasteiger partial charge in [0, 0.05) is 117 Å². The number of imidazole rings is 2. The molecule has 1 atom stereocenters. The van der Waals surface area contributed by atoms with Crippen molar-refractivity contribution >= 4 is 217 Å². The Hall–Kier alpha value is -11.2. The number of anilines is 7. The molecule has 11 heterocycles. The number of nitrogens with two attached hydrogens (primary N) is 3. The number of aromatic hydroxyl groups is 1. The van der Waals surface area contributed by atoms with Crippen molar-refractivity contribution in [3.8, 4) is 62.7 Å². The third kappa shape index (κ3) is 18.3. The number of hydrogen-bond acceptors (Lipinski definition) is 34. The number of nitrogen functional groups attached to an aromatic ring is 3. The fourth-order valence-corrected chi connectivity index (χ4v) is 20.1. The Balaban J connectivity index is 0.000000146. The van der Waals surface area contributed by atoms with E-state index in [4.69, 9.17) is 76.9 Å². The monoisotopic (exact) mass is 2090 g/mol. The lowest BCUT2D eigenvalue weighted by Gasteiger charge is -2.31. The van der Waals surface area contributed by atoms with Crippen molar-refractivity contribution in [1.82, 2.24) is 69.5 Å². The van der Waals surface area contributed by atoms with E-state index in [0.29, 0.717) is 163 Å². The number of phenols is 1. The summed E-state index contributed by atoms with van der Waals surface area (Å²) in [5.41, 5.74) is 24.6. The summed E-state index contributed by atoms with van der Waals surface area (Å²) in [4.78, 5) is 80.7. The summed E-state index contributed by atoms with van der Waals surface area (Å²) in [7, 11) is 0. The molecule has 11 N–H and O–H groups in total. The van der Waals surface area contributed by atoms with Crippen molar-refractivity contribution in [3.63, 3.8) is 0 Å². The number of aromatic carboxylic acids is 1. The van der Waals surface area contributed by atoms with Gasteiger partial charge in [0.05, 0.1) is 16.2 Å². The molecule has 0 radical (unpaired) electrons. The van der Waals surface area contributed by atoms with Crippen LogP contribution in [-0.2, 0) is 13.1 Å². The Labute approximate surface area is 765 Å². The molecule has 0 saturated carbocycles. The molecule has 18 rings (SSSR count). The number of phenolic OH excluding ortho intramolecular Hbond substituents is 1. The standard InChI is InChI=1S/C39H34IN7O7S2.C24H22IN9O5S.C18H21IN6O2S/c1-19(2)46(10-3-11-47-36-34(35(41)42-17-43-36)45-39(47)56-32-16-31-30(15-27(32)40)52-18-53-31)38(55)44-20-4-7-23(26(12-20)37(50)51)33-24-8-5-21(48)13-28(24)54-29-14-22(49)6-9-25(29)33;1-12(2)32(14-4-5-15(34(35)36)20-19(14)30-39-31-20)6-3-7-33-23-21(22(26)27-10-28-23)29-24(33)40-18-9-17-16(8-13(18)25)37-11-38-17;1-10(2)21-4-3-5-25-17-15(16(20)22-8-23-17)24-18(25)28-14-7-13-12(6-11(14)19)26-9-27-13/h4-9,12-17,19,39,45,48H,3,10-11,18H2,1-2H3,(H,44,55)(H,50,51)(H2,41,42,43);4-5,8-10,12H,3,6-7,11H2,1-2H3,(H2,26,27,28);6-8,10,21H,3-5,9H2,1-2H3,(H2,20,22,23). The second-order valence-corrected chi connectivity index (χ2v) is 36.2. The number of carbonyl (C=O) groups is 1. The highest BCUT2D eigenvalue weighted by Crippen LogP contribution is 2.49. The van der Waals surface area contributed by atoms with Gasteiger partial charge in [-0.1, -0.05) is 55.2 Å². The van der Waals surface area contributed by atoms with Gasteiger partial charge >= 0.3 is 11.7 Å². The quantitative estimate of drug-likeness (QED) is 0.00623. The first-order valence-electron chi connectivity index (χ1n) is 38.7. The lowest BCUT2D eigenvalue weighted by Crippen LogP contribution is -2.42. The third-order valence-corrected chi connectivity index (χ3v) is 27.6. The average Bonchev–Trinajstić information content (AvgIpc) is 1.45. The number of ether oxygens (including phenoxy) is 6. The molecule has 6 aliphatic rings. The van der Waals surface area contributed by atoms with Gasteiger partial charge in [0.15, 0.2) is 112 Å². The molecule has 0 saturated heterocycles. The predicted octanol–water partition coefficient (Wildman–Crippen LogP) is 15.4. The number of nitro groups is 1. The van der Waals surface area contributed by atoms with E-state index in [1.807, 2.05) is 68.7 Å². The van der Waals surface area contributed by atoms with Gasteiger partial charge in [-0.3, -0.25) is 14.9 Å². The van der Waals surface area contributed by atoms with E-state index in [9.17, 15) is 29.9 Å². The number of nitrogens with one attached hydrogen (secondary N) is 3. The van der Waals surface area contributed by atoms with E-state index >= 15 is 0 Å². The van der Waals surface area contributed by atoms with Crippen LogP contribution in [0.25, 0.3) is 66.8 Å². The molecule has 640 valence electrons. The van der Waals surface area contributed by atoms with Crippen LogP contribution in [0, 0.1) is 20.8 Å². The predicted molar refractivity (Wildman–Crippen MR) is 500 cm³/mol. The summed E-state index contributed by atoms with van der Waals surface area (Å²) in [6.07, 6.45) is 6.73. The zero-order valence-corrected chi connectivity index (χ0v) is 76.5. The second-order valence-electron chi connectivity index (χ2n) is 29.2. The van der Waals surface area contributed by atoms with E-state index in [1.54, 1.807) is 59.9 Å². The van der Waals surface area contributed by atoms with Crippen LogP contribution in [0.5, 0.6) is 40.2 Å². The summed E-state index contributed by atoms with van der Waals surface area (Å²) >= 11 is 17.5. The first-order valence-corrected chi connectivity index (χ1v) is 44.9. The number of hydrogen-bond donors (Lipinski definition) is 8. The number of halogens is 3. The van der Waals surface area contributed by atoms with E-state index in [2.05, 4.69) is 157 Å². The average molecular weight is 2090 g/mol. The molecule has 36 nitrogen and oxygen atoms in total. The Morgan fingerprint density at radius 1 is 0.653 bits per heavy atom. The van der Waals surface area contributed by atoms with Crippen LogP contribution in [0.1, 0.15) is 71.2 Å². The van der Waals surface area contributed by atoms with Crippen molar-refractivity contribution in [2.24, 2.45) is 0 Å². The van der Waals surface area contributed by atoms with Crippen molar-refractivity contribution in [2.75, 3.05) is 84.2 Å². The van der Waals surface area contributed by atoms with E-state index in [1.165, 1.54) is 61.1 Å². The maximum absolute atomic E-state index is 12.8. The maximum Gasteiger partial charge on any atom is 0.336 e. The summed E-state index contributed by atoms with van der Waals surface area (Å²) < 4.78 is 51.3. The zero-order chi connectivity index (χ0) is 86.9. The molecule has 0 spiro atoms. The largest absolute Gasteiger partial charge is 0.508 e. The summed E-state index contributed by atoms with van der Waals surface area (Å²) in [6, 6.07) is 29.5. The molecular weight excluding hydrogens is 2010 g/mol. The maximum atomic E-state index is 12.8. The number of fused-ring (bicyclic) bond motifs is 9. The minimum absolute atomic E-state index is 0.0173. The van der Waals surface area contributed by atoms with Crippen LogP contribution < -0.4 is 76.8 Å². The number of nitro benzene ring substituents is 1. The van der Waals surface area contributed by atoms with Gasteiger partial charge in [0.25, 0.3) is 0 Å². The van der Waals surface area contributed by atoms with Crippen LogP contribution >= 0.6 is 115 Å². The first-order chi connectivity index (χ1) is 59.8. The van der Waals surface area contributed by atoms with Crippen LogP contribution in [0.4, 0.5) is 46.0 Å². The molecule has 1 unspecified atom stereocenters. The van der Waals surface area contributed by atoms with Gasteiger partial charge in [-0.25, -0.2) is 49.3 Å². The van der Waals surface area contributed by atoms with E-state index < -0.39 is 10.9 Å². The lowest BCUT2D eigenvalue weighted by atomic mass is 9.90. The molecule has 124 heavy (non-hydrogen) atoms. The number of aromatic nitrogens is 12. The summed E-state index contributed by atoms with van der Waals surface area (Å²) in [5, 5.41) is 52.6. The van der Waals surface area contributed by atoms with Gasteiger partial charge in [0.2, 0.25) is 25.9 Å². The van der Waals surface area contributed by atoms with Gasteiger partial charge in [-0.05, 0) is 228 Å². The minimum atomic E-state index is -1.15. The molecule has 6 aromatic carbocycles. The number of carboxylic acids is 1. The van der Waals surface area contributed by atoms with Crippen molar-refractivity contribution in [3.05, 3.63) is 159 Å². The Bertz CT molecular complexity index is 6510. The highest BCUT2D eigenvalue weighted by Gasteiger charge is 2.35. The highest BCUT2D eigenvalue weighted by atomic mass is 127. The fraction of sp³-hybridized carbons (Fsp3) is 0.272. The van der Waals surface area contributed by atoms with E-state index in [-0.39, 0.29) is 71.7 Å². The number of rotatable bonds is 26. The number of non-ortho nitro benzene ring substituents is 1. The Morgan fingerprint density at radius 2 is 1.22 bits per heavy atom. The molecule has 1 aliphatic carbocycles. The molecular formula is C81H77I3N22O14S4. The number of carboxylic acid groups (broad SMARTS) is 1. The molecule has 0 fully saturated rings. The zero-order valence-electron chi connectivity index (χ0n) is 66.8. The Kier molecular flexibility index (Phi) is 25.9. The topological polar surface area (TPSA) is 462 Å². The smallest absolute Gasteiger partial charge is 0.336 e. The first kappa shape index (κ1) is 86.3. The molecule has 12 aromatic rings. The minimum Gasteiger partial charge on any atom is -0.508 e. The van der Waals surface area contributed by atoms with Crippen molar-refractivity contribution < 1.29 is 57.4 Å². The number of nitrogens with zero attached hydrogens (tertiary/aromatic N) is 16. The number of thioether (sulfide) groups is 1. The van der Waals surface area contributed by atoms with Gasteiger partial charge in [-0.2, -0.15) is 0 Å². The number of thiocarbonyl (C=S) groups is 1. The third-order valence-electron chi connectivity index (χ3n) is 20.2. The molecule has 0 amide bonds. The van der Waals surface area contributed by atoms with Crippen LogP contribution in [0.3, 0.4) is 0 Å². The summed E-state index contributed by atoms with van der Waals surface area (Å²) in [6.45, 7) is 17.2. The normalized spacial score (nSPS) is 13.5. The van der Waals surface area contributed by atoms with Gasteiger partial charge in [0.1, 0.15) is 41.8 Å². The van der Waals surface area contributed by atoms with Crippen LogP contribution in [0.15, 0.2) is 161 Å². The SMILES string of the molecule is CC(C)N(CCCN1c2ncnc(N)c2NC1Sc1cc2c(cc1I)OCO2)C(=S)Nc1ccc(-c2c3ccc(=O)cc-3oc3cc(O)ccc23)c(C(=O)O)c1.CC(C)N(CCCn1c(Sc2cc3c(cc2I)OCO3)nc2c(N)ncnc21)c1ccc([N+](=O)[O-])c2nonc12.CC(C)NCCCn1c(Sc2cc3c(cc2I)OCO3)nc2c(N)ncnc21. The molecule has 6 aromatic heterocycles. The molecule has 0 bridgehead atoms. The molecule has 43 heteroatoms. The van der Waals surface area contributed by atoms with Crippen molar-refractivity contribution in [2.45, 2.75) is 123 Å². The highest BCUT2D eigenvalue weighted by molar-refractivity contribution is 14.1.